The van der Waals surface area contributed by atoms with E-state index in [0.29, 0.717) is 25.1 Å². The summed E-state index contributed by atoms with van der Waals surface area (Å²) in [6.07, 6.45) is 1.29. The molecule has 6 heteroatoms. The molecule has 21 heavy (non-hydrogen) atoms. The second kappa shape index (κ2) is 7.04. The molecule has 1 amide bonds. The number of benzene rings is 2. The number of amides is 1. The minimum atomic E-state index is -0.890. The first kappa shape index (κ1) is 14.5. The van der Waals surface area contributed by atoms with Gasteiger partial charge < -0.3 is 4.90 Å². The van der Waals surface area contributed by atoms with E-state index in [1.807, 2.05) is 30.3 Å². The second-order valence-corrected chi connectivity index (χ2v) is 4.32. The number of nitrogens with zero attached hydrogens (tertiary/aromatic N) is 2. The summed E-state index contributed by atoms with van der Waals surface area (Å²) in [6.45, 7) is 0.408. The van der Waals surface area contributed by atoms with Crippen LogP contribution in [-0.2, 0) is 11.2 Å². The fourth-order valence-corrected chi connectivity index (χ4v) is 1.98. The standard InChI is InChI=1S/C15H14N2O4/c18-12-16(11-10-13-6-2-1-3-7-13)14-8-4-5-9-15(14)21-17(19)20/h1-9,12H,10-11H2. The normalized spacial score (nSPS) is 9.90. The molecule has 0 saturated carbocycles. The van der Waals surface area contributed by atoms with Crippen LogP contribution in [0.1, 0.15) is 5.56 Å². The van der Waals surface area contributed by atoms with Crippen molar-refractivity contribution in [1.82, 2.24) is 0 Å². The first-order valence-corrected chi connectivity index (χ1v) is 6.38. The Morgan fingerprint density at radius 3 is 2.43 bits per heavy atom. The van der Waals surface area contributed by atoms with Crippen molar-refractivity contribution in [2.75, 3.05) is 11.4 Å². The Morgan fingerprint density at radius 2 is 1.76 bits per heavy atom. The molecule has 0 saturated heterocycles. The average Bonchev–Trinajstić information content (AvgIpc) is 2.50. The second-order valence-electron chi connectivity index (χ2n) is 4.32. The van der Waals surface area contributed by atoms with Gasteiger partial charge in [-0.3, -0.25) is 9.63 Å². The number of rotatable bonds is 7. The lowest BCUT2D eigenvalue weighted by Gasteiger charge is -2.19. The molecule has 108 valence electrons. The van der Waals surface area contributed by atoms with E-state index in [1.165, 1.54) is 11.0 Å². The summed E-state index contributed by atoms with van der Waals surface area (Å²) in [6, 6.07) is 16.1. The molecule has 0 N–H and O–H groups in total. The predicted molar refractivity (Wildman–Crippen MR) is 77.6 cm³/mol. The van der Waals surface area contributed by atoms with E-state index in [-0.39, 0.29) is 5.75 Å². The van der Waals surface area contributed by atoms with Crippen LogP contribution >= 0.6 is 0 Å². The van der Waals surface area contributed by atoms with Crippen LogP contribution in [0.5, 0.6) is 5.75 Å². The van der Waals surface area contributed by atoms with Gasteiger partial charge >= 0.3 is 0 Å². The zero-order valence-corrected chi connectivity index (χ0v) is 11.2. The van der Waals surface area contributed by atoms with Crippen molar-refractivity contribution < 1.29 is 14.7 Å². The van der Waals surface area contributed by atoms with Gasteiger partial charge in [-0.1, -0.05) is 42.5 Å². The first-order chi connectivity index (χ1) is 10.2. The van der Waals surface area contributed by atoms with Gasteiger partial charge in [0.25, 0.3) is 5.09 Å². The van der Waals surface area contributed by atoms with Crippen molar-refractivity contribution in [2.24, 2.45) is 0 Å². The molecular formula is C15H14N2O4. The first-order valence-electron chi connectivity index (χ1n) is 6.38. The van der Waals surface area contributed by atoms with Crippen molar-refractivity contribution in [3.05, 3.63) is 70.3 Å². The summed E-state index contributed by atoms with van der Waals surface area (Å²) in [7, 11) is 0. The topological polar surface area (TPSA) is 72.7 Å². The van der Waals surface area contributed by atoms with Crippen LogP contribution in [0.15, 0.2) is 54.6 Å². The number of hydrogen-bond donors (Lipinski definition) is 0. The van der Waals surface area contributed by atoms with Crippen molar-refractivity contribution in [3.8, 4) is 5.75 Å². The minimum absolute atomic E-state index is 0.0441. The fourth-order valence-electron chi connectivity index (χ4n) is 1.98. The maximum Gasteiger partial charge on any atom is 0.299 e. The smallest absolute Gasteiger partial charge is 0.299 e. The Bertz CT molecular complexity index is 616. The third-order valence-corrected chi connectivity index (χ3v) is 2.96. The van der Waals surface area contributed by atoms with E-state index in [2.05, 4.69) is 4.84 Å². The van der Waals surface area contributed by atoms with Crippen LogP contribution in [0.4, 0.5) is 5.69 Å². The van der Waals surface area contributed by atoms with Gasteiger partial charge in [0.2, 0.25) is 6.41 Å². The lowest BCUT2D eigenvalue weighted by atomic mass is 10.1. The van der Waals surface area contributed by atoms with E-state index in [1.54, 1.807) is 18.2 Å². The van der Waals surface area contributed by atoms with Gasteiger partial charge in [0, 0.05) is 6.54 Å². The molecule has 6 nitrogen and oxygen atoms in total. The van der Waals surface area contributed by atoms with Crippen LogP contribution in [0.3, 0.4) is 0 Å². The van der Waals surface area contributed by atoms with Crippen LogP contribution < -0.4 is 9.74 Å². The van der Waals surface area contributed by atoms with E-state index < -0.39 is 5.09 Å². The summed E-state index contributed by atoms with van der Waals surface area (Å²) >= 11 is 0. The fraction of sp³-hybridized carbons (Fsp3) is 0.133. The lowest BCUT2D eigenvalue weighted by molar-refractivity contribution is -0.710. The van der Waals surface area contributed by atoms with Crippen LogP contribution in [-0.4, -0.2) is 18.0 Å². The van der Waals surface area contributed by atoms with E-state index in [4.69, 9.17) is 0 Å². The Labute approximate surface area is 121 Å². The van der Waals surface area contributed by atoms with Crippen molar-refractivity contribution >= 4 is 12.1 Å². The highest BCUT2D eigenvalue weighted by Gasteiger charge is 2.13. The third-order valence-electron chi connectivity index (χ3n) is 2.96. The molecule has 0 radical (unpaired) electrons. The van der Waals surface area contributed by atoms with Gasteiger partial charge in [0.1, 0.15) is 5.75 Å². The number of anilines is 1. The van der Waals surface area contributed by atoms with Gasteiger partial charge in [-0.05, 0) is 24.1 Å². The van der Waals surface area contributed by atoms with E-state index in [0.717, 1.165) is 5.56 Å². The Kier molecular flexibility index (Phi) is 4.87. The van der Waals surface area contributed by atoms with Crippen molar-refractivity contribution in [1.29, 1.82) is 0 Å². The molecule has 2 aromatic carbocycles. The van der Waals surface area contributed by atoms with Gasteiger partial charge in [0.15, 0.2) is 0 Å². The monoisotopic (exact) mass is 286 g/mol. The molecule has 0 unspecified atom stereocenters. The summed E-state index contributed by atoms with van der Waals surface area (Å²) in [4.78, 5) is 27.6. The summed E-state index contributed by atoms with van der Waals surface area (Å²) in [5.41, 5.74) is 1.46. The molecule has 0 aliphatic rings. The summed E-state index contributed by atoms with van der Waals surface area (Å²) in [5.74, 6) is 0.0441. The summed E-state index contributed by atoms with van der Waals surface area (Å²) < 4.78 is 0. The largest absolute Gasteiger partial charge is 0.313 e. The van der Waals surface area contributed by atoms with Gasteiger partial charge in [0.05, 0.1) is 5.69 Å². The van der Waals surface area contributed by atoms with Gasteiger partial charge in [-0.15, -0.1) is 10.1 Å². The SMILES string of the molecule is O=CN(CCc1ccccc1)c1ccccc1O[N+](=O)[O-]. The molecule has 0 aliphatic carbocycles. The van der Waals surface area contributed by atoms with Crippen molar-refractivity contribution in [3.63, 3.8) is 0 Å². The van der Waals surface area contributed by atoms with Gasteiger partial charge in [-0.25, -0.2) is 0 Å². The summed E-state index contributed by atoms with van der Waals surface area (Å²) in [5, 5.41) is 9.60. The Balaban J connectivity index is 2.14. The minimum Gasteiger partial charge on any atom is -0.313 e. The highest BCUT2D eigenvalue weighted by atomic mass is 17.0. The number of para-hydroxylation sites is 2. The highest BCUT2D eigenvalue weighted by molar-refractivity contribution is 5.78. The quantitative estimate of drug-likeness (QED) is 0.445. The Hall–Kier alpha value is -2.89. The molecule has 0 aliphatic heterocycles. The van der Waals surface area contributed by atoms with Crippen LogP contribution in [0.2, 0.25) is 0 Å². The van der Waals surface area contributed by atoms with Crippen LogP contribution in [0.25, 0.3) is 0 Å². The maximum atomic E-state index is 11.3. The molecular weight excluding hydrogens is 272 g/mol. The molecule has 0 atom stereocenters. The van der Waals surface area contributed by atoms with E-state index >= 15 is 0 Å². The number of carbonyl (C=O) groups is 1. The molecule has 0 heterocycles. The number of hydrogen-bond acceptors (Lipinski definition) is 4. The third kappa shape index (κ3) is 4.04. The molecule has 0 spiro atoms. The number of carbonyl (C=O) groups excluding carboxylic acids is 1. The molecule has 2 aromatic rings. The average molecular weight is 286 g/mol. The lowest BCUT2D eigenvalue weighted by Crippen LogP contribution is -2.24. The predicted octanol–water partition coefficient (Wildman–Crippen LogP) is 2.46. The van der Waals surface area contributed by atoms with Gasteiger partial charge in [-0.2, -0.15) is 0 Å². The zero-order chi connectivity index (χ0) is 15.1. The van der Waals surface area contributed by atoms with E-state index in [9.17, 15) is 14.9 Å². The molecule has 0 aromatic heterocycles. The maximum absolute atomic E-state index is 11.3. The zero-order valence-electron chi connectivity index (χ0n) is 11.2. The Morgan fingerprint density at radius 1 is 1.10 bits per heavy atom. The van der Waals surface area contributed by atoms with Crippen molar-refractivity contribution in [2.45, 2.75) is 6.42 Å². The molecule has 2 rings (SSSR count). The molecule has 0 fully saturated rings. The van der Waals surface area contributed by atoms with Crippen LogP contribution in [0, 0.1) is 10.1 Å². The highest BCUT2D eigenvalue weighted by Crippen LogP contribution is 2.27. The molecule has 0 bridgehead atoms.